The Hall–Kier alpha value is -0.860. The number of nitrogens with one attached hydrogen (secondary N) is 1. The molecule has 4 unspecified atom stereocenters. The van der Waals surface area contributed by atoms with Gasteiger partial charge in [0, 0.05) is 12.1 Å². The first-order chi connectivity index (χ1) is 8.22. The van der Waals surface area contributed by atoms with Gasteiger partial charge in [0.2, 0.25) is 0 Å². The second kappa shape index (κ2) is 4.43. The third-order valence-electron chi connectivity index (χ3n) is 4.15. The summed E-state index contributed by atoms with van der Waals surface area (Å²) in [5, 5.41) is 3.72. The number of hydrogen-bond acceptors (Lipinski definition) is 2. The zero-order valence-electron chi connectivity index (χ0n) is 10.6. The van der Waals surface area contributed by atoms with Crippen LogP contribution in [-0.2, 0) is 4.74 Å². The molecule has 2 heteroatoms. The number of rotatable bonds is 3. The second-order valence-electron chi connectivity index (χ2n) is 5.52. The molecule has 92 valence electrons. The fraction of sp³-hybridized carbons (Fsp3) is 0.600. The first-order valence-corrected chi connectivity index (χ1v) is 6.70. The molecule has 2 heterocycles. The summed E-state index contributed by atoms with van der Waals surface area (Å²) in [6.07, 6.45) is 4.70. The Bertz CT molecular complexity index is 386. The molecule has 4 atom stereocenters. The maximum absolute atomic E-state index is 5.88. The summed E-state index contributed by atoms with van der Waals surface area (Å²) in [6.45, 7) is 4.38. The molecule has 2 fully saturated rings. The Morgan fingerprint density at radius 2 is 2.00 bits per heavy atom. The Labute approximate surface area is 103 Å². The summed E-state index contributed by atoms with van der Waals surface area (Å²) in [5.41, 5.74) is 2.70. The van der Waals surface area contributed by atoms with Gasteiger partial charge in [-0.15, -0.1) is 0 Å². The zero-order valence-corrected chi connectivity index (χ0v) is 10.6. The summed E-state index contributed by atoms with van der Waals surface area (Å²) in [7, 11) is 0. The van der Waals surface area contributed by atoms with Gasteiger partial charge in [-0.3, -0.25) is 0 Å². The minimum atomic E-state index is 0.420. The van der Waals surface area contributed by atoms with Crippen LogP contribution in [0.25, 0.3) is 0 Å². The van der Waals surface area contributed by atoms with E-state index in [1.54, 1.807) is 0 Å². The van der Waals surface area contributed by atoms with E-state index in [0.29, 0.717) is 24.3 Å². The van der Waals surface area contributed by atoms with Crippen LogP contribution in [-0.4, -0.2) is 18.2 Å². The average molecular weight is 231 g/mol. The number of benzene rings is 1. The van der Waals surface area contributed by atoms with Crippen LogP contribution >= 0.6 is 0 Å². The molecule has 3 rings (SSSR count). The van der Waals surface area contributed by atoms with Gasteiger partial charge in [-0.1, -0.05) is 29.8 Å². The first kappa shape index (κ1) is 11.2. The number of ether oxygens (including phenoxy) is 1. The minimum Gasteiger partial charge on any atom is -0.373 e. The highest BCUT2D eigenvalue weighted by Gasteiger charge is 2.40. The predicted molar refractivity (Wildman–Crippen MR) is 69.0 cm³/mol. The molecule has 0 saturated carbocycles. The van der Waals surface area contributed by atoms with E-state index in [9.17, 15) is 0 Å². The van der Waals surface area contributed by atoms with Crippen LogP contribution in [0.1, 0.15) is 43.4 Å². The molecular weight excluding hydrogens is 210 g/mol. The molecular formula is C15H21NO. The fourth-order valence-electron chi connectivity index (χ4n) is 3.09. The van der Waals surface area contributed by atoms with Crippen molar-refractivity contribution in [3.05, 3.63) is 35.4 Å². The zero-order chi connectivity index (χ0) is 11.8. The average Bonchev–Trinajstić information content (AvgIpc) is 2.91. The molecule has 2 nitrogen and oxygen atoms in total. The van der Waals surface area contributed by atoms with Crippen LogP contribution in [0.4, 0.5) is 0 Å². The molecule has 2 aliphatic heterocycles. The topological polar surface area (TPSA) is 21.3 Å². The predicted octanol–water partition coefficient (Wildman–Crippen LogP) is 2.97. The molecule has 1 N–H and O–H groups in total. The first-order valence-electron chi connectivity index (χ1n) is 6.70. The van der Waals surface area contributed by atoms with E-state index in [2.05, 4.69) is 43.4 Å². The Kier molecular flexibility index (Phi) is 2.93. The van der Waals surface area contributed by atoms with Crippen molar-refractivity contribution in [2.24, 2.45) is 0 Å². The molecule has 0 amide bonds. The molecule has 2 aliphatic rings. The van der Waals surface area contributed by atoms with Gasteiger partial charge >= 0.3 is 0 Å². The van der Waals surface area contributed by atoms with Gasteiger partial charge < -0.3 is 10.1 Å². The number of aryl methyl sites for hydroxylation is 1. The van der Waals surface area contributed by atoms with Crippen molar-refractivity contribution in [1.29, 1.82) is 0 Å². The van der Waals surface area contributed by atoms with E-state index < -0.39 is 0 Å². The van der Waals surface area contributed by atoms with Gasteiger partial charge in [-0.2, -0.15) is 0 Å². The van der Waals surface area contributed by atoms with Crippen molar-refractivity contribution in [2.45, 2.75) is 57.4 Å². The summed E-state index contributed by atoms with van der Waals surface area (Å²) < 4.78 is 5.88. The summed E-state index contributed by atoms with van der Waals surface area (Å²) in [4.78, 5) is 0. The normalized spacial score (nSPS) is 32.9. The molecule has 0 aromatic heterocycles. The lowest BCUT2D eigenvalue weighted by Crippen LogP contribution is -2.38. The maximum Gasteiger partial charge on any atom is 0.0733 e. The van der Waals surface area contributed by atoms with Crippen molar-refractivity contribution in [3.63, 3.8) is 0 Å². The number of fused-ring (bicyclic) bond motifs is 2. The van der Waals surface area contributed by atoms with Gasteiger partial charge in [0.05, 0.1) is 12.2 Å². The van der Waals surface area contributed by atoms with Gasteiger partial charge in [0.25, 0.3) is 0 Å². The molecule has 1 aromatic rings. The van der Waals surface area contributed by atoms with Gasteiger partial charge in [0.1, 0.15) is 0 Å². The fourth-order valence-corrected chi connectivity index (χ4v) is 3.09. The van der Waals surface area contributed by atoms with Crippen molar-refractivity contribution in [3.8, 4) is 0 Å². The largest absolute Gasteiger partial charge is 0.373 e. The molecule has 17 heavy (non-hydrogen) atoms. The summed E-state index contributed by atoms with van der Waals surface area (Å²) >= 11 is 0. The van der Waals surface area contributed by atoms with Crippen LogP contribution < -0.4 is 5.32 Å². The monoisotopic (exact) mass is 231 g/mol. The van der Waals surface area contributed by atoms with Crippen molar-refractivity contribution in [2.75, 3.05) is 0 Å². The van der Waals surface area contributed by atoms with E-state index in [0.717, 1.165) is 0 Å². The highest BCUT2D eigenvalue weighted by atomic mass is 16.5. The van der Waals surface area contributed by atoms with Crippen molar-refractivity contribution >= 4 is 0 Å². The van der Waals surface area contributed by atoms with Crippen LogP contribution in [0.15, 0.2) is 24.3 Å². The maximum atomic E-state index is 5.88. The smallest absolute Gasteiger partial charge is 0.0733 e. The van der Waals surface area contributed by atoms with E-state index in [4.69, 9.17) is 4.74 Å². The Morgan fingerprint density at radius 3 is 2.59 bits per heavy atom. The van der Waals surface area contributed by atoms with Gasteiger partial charge in [-0.25, -0.2) is 0 Å². The lowest BCUT2D eigenvalue weighted by Gasteiger charge is -2.24. The minimum absolute atomic E-state index is 0.420. The Balaban J connectivity index is 1.63. The lowest BCUT2D eigenvalue weighted by atomic mass is 9.94. The second-order valence-corrected chi connectivity index (χ2v) is 5.52. The Morgan fingerprint density at radius 1 is 1.24 bits per heavy atom. The summed E-state index contributed by atoms with van der Waals surface area (Å²) in [6, 6.07) is 9.80. The van der Waals surface area contributed by atoms with E-state index in [1.807, 2.05) is 0 Å². The third-order valence-corrected chi connectivity index (χ3v) is 4.15. The highest BCUT2D eigenvalue weighted by molar-refractivity contribution is 5.23. The molecule has 2 bridgehead atoms. The molecule has 0 aliphatic carbocycles. The van der Waals surface area contributed by atoms with E-state index >= 15 is 0 Å². The van der Waals surface area contributed by atoms with E-state index in [-0.39, 0.29) is 0 Å². The highest BCUT2D eigenvalue weighted by Crippen LogP contribution is 2.35. The third kappa shape index (κ3) is 2.24. The van der Waals surface area contributed by atoms with Gasteiger partial charge in [0.15, 0.2) is 0 Å². The van der Waals surface area contributed by atoms with Crippen LogP contribution in [0, 0.1) is 6.92 Å². The lowest BCUT2D eigenvalue weighted by molar-refractivity contribution is 0.0962. The molecule has 1 aromatic carbocycles. The SMILES string of the molecule is Cc1ccc(C(C)NC2CC3CCC2O3)cc1. The van der Waals surface area contributed by atoms with Crippen LogP contribution in [0.3, 0.4) is 0 Å². The van der Waals surface area contributed by atoms with E-state index in [1.165, 1.54) is 30.4 Å². The number of hydrogen-bond donors (Lipinski definition) is 1. The van der Waals surface area contributed by atoms with Gasteiger partial charge in [-0.05, 0) is 38.7 Å². The van der Waals surface area contributed by atoms with Crippen LogP contribution in [0.5, 0.6) is 0 Å². The summed E-state index contributed by atoms with van der Waals surface area (Å²) in [5.74, 6) is 0. The van der Waals surface area contributed by atoms with Crippen molar-refractivity contribution < 1.29 is 4.74 Å². The quantitative estimate of drug-likeness (QED) is 0.863. The molecule has 2 saturated heterocycles. The molecule has 0 radical (unpaired) electrons. The van der Waals surface area contributed by atoms with Crippen molar-refractivity contribution in [1.82, 2.24) is 5.32 Å². The molecule has 0 spiro atoms. The van der Waals surface area contributed by atoms with Crippen LogP contribution in [0.2, 0.25) is 0 Å². The standard InChI is InChI=1S/C15H21NO/c1-10-3-5-12(6-4-10)11(2)16-14-9-13-7-8-15(14)17-13/h3-6,11,13-16H,7-9H2,1-2H3.